The van der Waals surface area contributed by atoms with Crippen LogP contribution in [0.4, 0.5) is 19.2 Å². The van der Waals surface area contributed by atoms with Crippen molar-refractivity contribution in [3.05, 3.63) is 53.7 Å². The number of hydrogen-bond donors (Lipinski definition) is 1. The predicted octanol–water partition coefficient (Wildman–Crippen LogP) is 3.85. The van der Waals surface area contributed by atoms with E-state index in [2.05, 4.69) is 15.3 Å². The Hall–Kier alpha value is -2.57. The highest BCUT2D eigenvalue weighted by Crippen LogP contribution is 2.29. The summed E-state index contributed by atoms with van der Waals surface area (Å²) in [4.78, 5) is 8.10. The molecule has 2 aromatic heterocycles. The molecule has 0 unspecified atom stereocenters. The van der Waals surface area contributed by atoms with Gasteiger partial charge in [-0.1, -0.05) is 12.1 Å². The lowest BCUT2D eigenvalue weighted by molar-refractivity contribution is -0.137. The Labute approximate surface area is 117 Å². The predicted molar refractivity (Wildman–Crippen MR) is 70.6 cm³/mol. The highest BCUT2D eigenvalue weighted by atomic mass is 19.4. The summed E-state index contributed by atoms with van der Waals surface area (Å²) in [5.41, 5.74) is 0.772. The van der Waals surface area contributed by atoms with Gasteiger partial charge in [-0.2, -0.15) is 18.2 Å². The van der Waals surface area contributed by atoms with Gasteiger partial charge in [0.05, 0.1) is 5.56 Å². The molecular weight excluding hydrogens is 283 g/mol. The lowest BCUT2D eigenvalue weighted by Crippen LogP contribution is -2.06. The highest BCUT2D eigenvalue weighted by molar-refractivity contribution is 5.69. The maximum atomic E-state index is 12.6. The minimum Gasteiger partial charge on any atom is -0.422 e. The van der Waals surface area contributed by atoms with Gasteiger partial charge in [-0.15, -0.1) is 0 Å². The number of hydrogen-bond acceptors (Lipinski definition) is 4. The lowest BCUT2D eigenvalue weighted by atomic mass is 10.1. The van der Waals surface area contributed by atoms with Crippen LogP contribution < -0.4 is 5.32 Å². The molecule has 2 heterocycles. The second-order valence-corrected chi connectivity index (χ2v) is 4.40. The molecule has 0 aliphatic heterocycles. The van der Waals surface area contributed by atoms with Gasteiger partial charge in [-0.3, -0.25) is 0 Å². The highest BCUT2D eigenvalue weighted by Gasteiger charge is 2.30. The molecule has 0 aliphatic carbocycles. The molecule has 0 amide bonds. The number of oxazole rings is 1. The number of anilines is 1. The van der Waals surface area contributed by atoms with Crippen LogP contribution in [0.25, 0.3) is 11.2 Å². The van der Waals surface area contributed by atoms with Crippen LogP contribution in [0.5, 0.6) is 0 Å². The molecule has 0 spiro atoms. The fraction of sp³-hybridized carbons (Fsp3) is 0.143. The fourth-order valence-corrected chi connectivity index (χ4v) is 1.88. The number of pyridine rings is 1. The van der Waals surface area contributed by atoms with Crippen molar-refractivity contribution in [2.75, 3.05) is 5.32 Å². The summed E-state index contributed by atoms with van der Waals surface area (Å²) in [6, 6.07) is 8.74. The Bertz CT molecular complexity index is 734. The normalized spacial score (nSPS) is 11.8. The minimum atomic E-state index is -4.35. The lowest BCUT2D eigenvalue weighted by Gasteiger charge is -2.08. The Morgan fingerprint density at radius 2 is 2.00 bits per heavy atom. The summed E-state index contributed by atoms with van der Waals surface area (Å²) in [7, 11) is 0. The monoisotopic (exact) mass is 293 g/mol. The molecule has 108 valence electrons. The third-order valence-electron chi connectivity index (χ3n) is 2.86. The van der Waals surface area contributed by atoms with Gasteiger partial charge < -0.3 is 9.73 Å². The number of fused-ring (bicyclic) bond motifs is 1. The van der Waals surface area contributed by atoms with Gasteiger partial charge in [-0.25, -0.2) is 4.98 Å². The van der Waals surface area contributed by atoms with Crippen molar-refractivity contribution >= 4 is 17.2 Å². The number of nitrogens with one attached hydrogen (secondary N) is 1. The Balaban J connectivity index is 1.75. The summed E-state index contributed by atoms with van der Waals surface area (Å²) >= 11 is 0. The SMILES string of the molecule is FC(F)(F)c1cccc(CNc2nc3ncccc3o2)c1. The molecule has 1 N–H and O–H groups in total. The average molecular weight is 293 g/mol. The van der Waals surface area contributed by atoms with Crippen LogP contribution in [-0.2, 0) is 12.7 Å². The van der Waals surface area contributed by atoms with E-state index in [0.29, 0.717) is 16.8 Å². The zero-order chi connectivity index (χ0) is 14.9. The Morgan fingerprint density at radius 3 is 2.76 bits per heavy atom. The van der Waals surface area contributed by atoms with Gasteiger partial charge in [0, 0.05) is 12.7 Å². The van der Waals surface area contributed by atoms with Gasteiger partial charge in [0.2, 0.25) is 5.65 Å². The molecule has 0 aliphatic rings. The standard InChI is InChI=1S/C14H10F3N3O/c15-14(16,17)10-4-1-3-9(7-10)8-19-13-20-12-11(21-13)5-2-6-18-12/h1-7H,8H2,(H,18,19,20). The zero-order valence-corrected chi connectivity index (χ0v) is 10.7. The van der Waals surface area contributed by atoms with Gasteiger partial charge in [0.25, 0.3) is 6.01 Å². The van der Waals surface area contributed by atoms with Crippen LogP contribution in [0.15, 0.2) is 47.0 Å². The number of nitrogens with zero attached hydrogens (tertiary/aromatic N) is 2. The van der Waals surface area contributed by atoms with Gasteiger partial charge in [-0.05, 0) is 29.8 Å². The first kappa shape index (κ1) is 13.4. The van der Waals surface area contributed by atoms with Crippen LogP contribution in [0.3, 0.4) is 0 Å². The summed E-state index contributed by atoms with van der Waals surface area (Å²) < 4.78 is 43.2. The van der Waals surface area contributed by atoms with Crippen molar-refractivity contribution in [1.82, 2.24) is 9.97 Å². The molecule has 3 aromatic rings. The van der Waals surface area contributed by atoms with Gasteiger partial charge >= 0.3 is 6.18 Å². The van der Waals surface area contributed by atoms with Crippen molar-refractivity contribution in [3.8, 4) is 0 Å². The molecule has 4 nitrogen and oxygen atoms in total. The number of halogens is 3. The van der Waals surface area contributed by atoms with Crippen LogP contribution in [0, 0.1) is 0 Å². The van der Waals surface area contributed by atoms with E-state index in [0.717, 1.165) is 12.1 Å². The third-order valence-corrected chi connectivity index (χ3v) is 2.86. The second-order valence-electron chi connectivity index (χ2n) is 4.40. The summed E-state index contributed by atoms with van der Waals surface area (Å²) in [6.45, 7) is 0.177. The maximum absolute atomic E-state index is 12.6. The minimum absolute atomic E-state index is 0.177. The maximum Gasteiger partial charge on any atom is 0.416 e. The number of rotatable bonds is 3. The van der Waals surface area contributed by atoms with Crippen molar-refractivity contribution < 1.29 is 17.6 Å². The fourth-order valence-electron chi connectivity index (χ4n) is 1.88. The number of aromatic nitrogens is 2. The topological polar surface area (TPSA) is 51.0 Å². The first-order chi connectivity index (χ1) is 10.0. The largest absolute Gasteiger partial charge is 0.422 e. The first-order valence-electron chi connectivity index (χ1n) is 6.14. The molecule has 1 aromatic carbocycles. The Morgan fingerprint density at radius 1 is 1.14 bits per heavy atom. The number of alkyl halides is 3. The number of benzene rings is 1. The molecule has 0 bridgehead atoms. The quantitative estimate of drug-likeness (QED) is 0.796. The third kappa shape index (κ3) is 2.96. The molecule has 21 heavy (non-hydrogen) atoms. The molecule has 0 radical (unpaired) electrons. The second kappa shape index (κ2) is 5.08. The summed E-state index contributed by atoms with van der Waals surface area (Å²) in [6.07, 6.45) is -2.76. The summed E-state index contributed by atoms with van der Waals surface area (Å²) in [5, 5.41) is 2.84. The molecule has 0 atom stereocenters. The Kier molecular flexibility index (Phi) is 3.25. The van der Waals surface area contributed by atoms with E-state index in [4.69, 9.17) is 4.42 Å². The van der Waals surface area contributed by atoms with E-state index in [1.807, 2.05) is 0 Å². The zero-order valence-electron chi connectivity index (χ0n) is 10.7. The molecular formula is C14H10F3N3O. The van der Waals surface area contributed by atoms with E-state index < -0.39 is 11.7 Å². The molecule has 0 saturated heterocycles. The van der Waals surface area contributed by atoms with E-state index in [9.17, 15) is 13.2 Å². The van der Waals surface area contributed by atoms with Crippen molar-refractivity contribution in [1.29, 1.82) is 0 Å². The van der Waals surface area contributed by atoms with Crippen molar-refractivity contribution in [3.63, 3.8) is 0 Å². The van der Waals surface area contributed by atoms with E-state index in [1.165, 1.54) is 6.07 Å². The van der Waals surface area contributed by atoms with E-state index >= 15 is 0 Å². The van der Waals surface area contributed by atoms with Crippen LogP contribution in [-0.4, -0.2) is 9.97 Å². The van der Waals surface area contributed by atoms with Crippen molar-refractivity contribution in [2.24, 2.45) is 0 Å². The smallest absolute Gasteiger partial charge is 0.416 e. The summed E-state index contributed by atoms with van der Waals surface area (Å²) in [5.74, 6) is 0. The average Bonchev–Trinajstić information content (AvgIpc) is 2.87. The van der Waals surface area contributed by atoms with Crippen LogP contribution in [0.1, 0.15) is 11.1 Å². The first-order valence-corrected chi connectivity index (χ1v) is 6.14. The van der Waals surface area contributed by atoms with E-state index in [-0.39, 0.29) is 12.6 Å². The molecule has 0 saturated carbocycles. The van der Waals surface area contributed by atoms with Crippen LogP contribution >= 0.6 is 0 Å². The van der Waals surface area contributed by atoms with Gasteiger partial charge in [0.15, 0.2) is 5.58 Å². The molecule has 0 fully saturated rings. The van der Waals surface area contributed by atoms with E-state index in [1.54, 1.807) is 24.4 Å². The molecule has 3 rings (SSSR count). The van der Waals surface area contributed by atoms with Gasteiger partial charge in [0.1, 0.15) is 0 Å². The molecule has 7 heteroatoms. The van der Waals surface area contributed by atoms with Crippen molar-refractivity contribution in [2.45, 2.75) is 12.7 Å². The van der Waals surface area contributed by atoms with Crippen LogP contribution in [0.2, 0.25) is 0 Å².